The molecule has 0 unspecified atom stereocenters. The van der Waals surface area contributed by atoms with Crippen molar-refractivity contribution >= 4 is 22.5 Å². The molecule has 2 aromatic heterocycles. The van der Waals surface area contributed by atoms with Crippen molar-refractivity contribution in [2.45, 2.75) is 13.1 Å². The molecule has 0 aliphatic heterocycles. The second kappa shape index (κ2) is 5.51. The molecule has 3 rings (SSSR count). The Bertz CT molecular complexity index is 658. The highest BCUT2D eigenvalue weighted by molar-refractivity contribution is 6.31. The molecule has 0 spiro atoms. The van der Waals surface area contributed by atoms with Gasteiger partial charge in [-0.2, -0.15) is 0 Å². The lowest BCUT2D eigenvalue weighted by atomic mass is 10.2. The van der Waals surface area contributed by atoms with E-state index < -0.39 is 0 Å². The summed E-state index contributed by atoms with van der Waals surface area (Å²) in [6.45, 7) is 2.68. The third kappa shape index (κ3) is 2.83. The zero-order valence-corrected chi connectivity index (χ0v) is 11.2. The Morgan fingerprint density at radius 2 is 2.16 bits per heavy atom. The minimum Gasteiger partial charge on any atom is -0.472 e. The molecule has 0 aliphatic rings. The van der Waals surface area contributed by atoms with Crippen LogP contribution in [0.15, 0.2) is 53.5 Å². The Labute approximate surface area is 116 Å². The molecular formula is C15H15ClN2O. The summed E-state index contributed by atoms with van der Waals surface area (Å²) in [6.07, 6.45) is 5.56. The predicted octanol–water partition coefficient (Wildman–Crippen LogP) is 3.68. The molecule has 98 valence electrons. The van der Waals surface area contributed by atoms with E-state index in [0.717, 1.165) is 24.7 Å². The van der Waals surface area contributed by atoms with Gasteiger partial charge in [0.1, 0.15) is 0 Å². The average Bonchev–Trinajstić information content (AvgIpc) is 3.03. The van der Waals surface area contributed by atoms with Gasteiger partial charge >= 0.3 is 0 Å². The summed E-state index contributed by atoms with van der Waals surface area (Å²) in [5, 5.41) is 5.36. The number of aromatic nitrogens is 1. The summed E-state index contributed by atoms with van der Waals surface area (Å²) in [4.78, 5) is 0. The van der Waals surface area contributed by atoms with Gasteiger partial charge in [0.2, 0.25) is 0 Å². The monoisotopic (exact) mass is 274 g/mol. The van der Waals surface area contributed by atoms with Crippen LogP contribution in [0.4, 0.5) is 0 Å². The smallest absolute Gasteiger partial charge is 0.0947 e. The van der Waals surface area contributed by atoms with E-state index in [1.54, 1.807) is 12.5 Å². The maximum atomic E-state index is 5.98. The van der Waals surface area contributed by atoms with Crippen LogP contribution in [-0.4, -0.2) is 11.1 Å². The lowest BCUT2D eigenvalue weighted by Gasteiger charge is -2.06. The number of furan rings is 1. The molecule has 1 aromatic carbocycles. The van der Waals surface area contributed by atoms with Crippen LogP contribution >= 0.6 is 11.6 Å². The number of halogens is 1. The van der Waals surface area contributed by atoms with E-state index in [1.807, 2.05) is 18.2 Å². The average molecular weight is 275 g/mol. The van der Waals surface area contributed by atoms with Crippen LogP contribution < -0.4 is 5.32 Å². The molecule has 0 amide bonds. The molecule has 0 fully saturated rings. The second-order valence-electron chi connectivity index (χ2n) is 4.52. The van der Waals surface area contributed by atoms with E-state index >= 15 is 0 Å². The van der Waals surface area contributed by atoms with Crippen LogP contribution in [0.2, 0.25) is 5.02 Å². The molecule has 4 heteroatoms. The Morgan fingerprint density at radius 1 is 1.21 bits per heavy atom. The Morgan fingerprint density at radius 3 is 3.00 bits per heavy atom. The van der Waals surface area contributed by atoms with Crippen LogP contribution in [-0.2, 0) is 13.1 Å². The largest absolute Gasteiger partial charge is 0.472 e. The first-order chi connectivity index (χ1) is 9.33. The van der Waals surface area contributed by atoms with Gasteiger partial charge in [-0.1, -0.05) is 11.6 Å². The second-order valence-corrected chi connectivity index (χ2v) is 4.96. The molecule has 3 nitrogen and oxygen atoms in total. The molecule has 0 aliphatic carbocycles. The van der Waals surface area contributed by atoms with Crippen LogP contribution in [0.3, 0.4) is 0 Å². The van der Waals surface area contributed by atoms with Crippen LogP contribution in [0.1, 0.15) is 5.56 Å². The molecule has 0 bridgehead atoms. The predicted molar refractivity (Wildman–Crippen MR) is 77.4 cm³/mol. The van der Waals surface area contributed by atoms with E-state index in [0.29, 0.717) is 0 Å². The van der Waals surface area contributed by atoms with Crippen molar-refractivity contribution < 1.29 is 4.42 Å². The Kier molecular flexibility index (Phi) is 3.58. The maximum Gasteiger partial charge on any atom is 0.0947 e. The fourth-order valence-electron chi connectivity index (χ4n) is 2.19. The topological polar surface area (TPSA) is 30.1 Å². The molecule has 1 N–H and O–H groups in total. The van der Waals surface area contributed by atoms with Gasteiger partial charge in [-0.3, -0.25) is 0 Å². The number of hydrogen-bond donors (Lipinski definition) is 1. The molecule has 0 saturated heterocycles. The fourth-order valence-corrected chi connectivity index (χ4v) is 2.37. The normalized spacial score (nSPS) is 11.2. The highest BCUT2D eigenvalue weighted by atomic mass is 35.5. The van der Waals surface area contributed by atoms with Crippen molar-refractivity contribution in [2.75, 3.05) is 6.54 Å². The molecule has 0 atom stereocenters. The van der Waals surface area contributed by atoms with Crippen molar-refractivity contribution in [2.24, 2.45) is 0 Å². The van der Waals surface area contributed by atoms with Crippen molar-refractivity contribution in [3.8, 4) is 0 Å². The Hall–Kier alpha value is -1.71. The van der Waals surface area contributed by atoms with E-state index in [9.17, 15) is 0 Å². The molecule has 0 saturated carbocycles. The quantitative estimate of drug-likeness (QED) is 0.720. The van der Waals surface area contributed by atoms with Crippen molar-refractivity contribution in [3.63, 3.8) is 0 Å². The van der Waals surface area contributed by atoms with E-state index in [-0.39, 0.29) is 0 Å². The third-order valence-corrected chi connectivity index (χ3v) is 3.41. The van der Waals surface area contributed by atoms with Gasteiger partial charge in [0.05, 0.1) is 12.5 Å². The van der Waals surface area contributed by atoms with E-state index in [4.69, 9.17) is 16.0 Å². The highest BCUT2D eigenvalue weighted by Crippen LogP contribution is 2.20. The van der Waals surface area contributed by atoms with Crippen molar-refractivity contribution in [1.82, 2.24) is 9.88 Å². The zero-order chi connectivity index (χ0) is 13.1. The lowest BCUT2D eigenvalue weighted by Crippen LogP contribution is -2.18. The summed E-state index contributed by atoms with van der Waals surface area (Å²) in [6, 6.07) is 10.1. The van der Waals surface area contributed by atoms with Gasteiger partial charge in [0.15, 0.2) is 0 Å². The minimum atomic E-state index is 0.781. The first kappa shape index (κ1) is 12.3. The van der Waals surface area contributed by atoms with E-state index in [1.165, 1.54) is 16.5 Å². The maximum absolute atomic E-state index is 5.98. The number of fused-ring (bicyclic) bond motifs is 1. The van der Waals surface area contributed by atoms with E-state index in [2.05, 4.69) is 28.2 Å². The molecule has 19 heavy (non-hydrogen) atoms. The number of nitrogens with one attached hydrogen (secondary N) is 1. The zero-order valence-electron chi connectivity index (χ0n) is 10.5. The fraction of sp³-hybridized carbons (Fsp3) is 0.200. The van der Waals surface area contributed by atoms with Gasteiger partial charge < -0.3 is 14.3 Å². The van der Waals surface area contributed by atoms with Crippen LogP contribution in [0.5, 0.6) is 0 Å². The van der Waals surface area contributed by atoms with Crippen molar-refractivity contribution in [3.05, 3.63) is 59.6 Å². The number of benzene rings is 1. The molecule has 0 radical (unpaired) electrons. The SMILES string of the molecule is Clc1ccc2c(ccn2CCNCc2ccoc2)c1. The first-order valence-corrected chi connectivity index (χ1v) is 6.67. The summed E-state index contributed by atoms with van der Waals surface area (Å²) >= 11 is 5.98. The van der Waals surface area contributed by atoms with Crippen LogP contribution in [0, 0.1) is 0 Å². The van der Waals surface area contributed by atoms with Gasteiger partial charge in [-0.25, -0.2) is 0 Å². The third-order valence-electron chi connectivity index (χ3n) is 3.17. The van der Waals surface area contributed by atoms with Gasteiger partial charge in [0.25, 0.3) is 0 Å². The van der Waals surface area contributed by atoms with Gasteiger partial charge in [-0.05, 0) is 30.3 Å². The number of nitrogens with zero attached hydrogens (tertiary/aromatic N) is 1. The number of rotatable bonds is 5. The number of hydrogen-bond acceptors (Lipinski definition) is 2. The standard InChI is InChI=1S/C15H15ClN2O/c16-14-1-2-15-13(9-14)3-6-18(15)7-5-17-10-12-4-8-19-11-12/h1-4,6,8-9,11,17H,5,7,10H2. The van der Waals surface area contributed by atoms with Crippen molar-refractivity contribution in [1.29, 1.82) is 0 Å². The van der Waals surface area contributed by atoms with Crippen LogP contribution in [0.25, 0.3) is 10.9 Å². The summed E-state index contributed by atoms with van der Waals surface area (Å²) in [5.41, 5.74) is 2.39. The minimum absolute atomic E-state index is 0.781. The summed E-state index contributed by atoms with van der Waals surface area (Å²) in [7, 11) is 0. The van der Waals surface area contributed by atoms with Gasteiger partial charge in [0, 0.05) is 47.3 Å². The highest BCUT2D eigenvalue weighted by Gasteiger charge is 2.01. The molecular weight excluding hydrogens is 260 g/mol. The summed E-state index contributed by atoms with van der Waals surface area (Å²) in [5.74, 6) is 0. The first-order valence-electron chi connectivity index (χ1n) is 6.29. The molecule has 2 heterocycles. The Balaban J connectivity index is 1.59. The lowest BCUT2D eigenvalue weighted by molar-refractivity contribution is 0.557. The molecule has 3 aromatic rings. The van der Waals surface area contributed by atoms with Gasteiger partial charge in [-0.15, -0.1) is 0 Å². The summed E-state index contributed by atoms with van der Waals surface area (Å²) < 4.78 is 7.26.